The Bertz CT molecular complexity index is 815. The lowest BCUT2D eigenvalue weighted by Crippen LogP contribution is -2.43. The van der Waals surface area contributed by atoms with E-state index in [1.54, 1.807) is 19.3 Å². The Morgan fingerprint density at radius 2 is 1.81 bits per heavy atom. The van der Waals surface area contributed by atoms with Crippen LogP contribution in [0.2, 0.25) is 0 Å². The molecule has 0 fully saturated rings. The van der Waals surface area contributed by atoms with Crippen molar-refractivity contribution in [1.29, 1.82) is 0 Å². The Labute approximate surface area is 152 Å². The van der Waals surface area contributed by atoms with E-state index >= 15 is 0 Å². The molecule has 0 saturated carbocycles. The molecule has 0 heterocycles. The highest BCUT2D eigenvalue weighted by Crippen LogP contribution is 2.19. The molecule has 0 saturated heterocycles. The van der Waals surface area contributed by atoms with Crippen molar-refractivity contribution in [3.63, 3.8) is 0 Å². The van der Waals surface area contributed by atoms with E-state index in [1.807, 2.05) is 50.2 Å². The van der Waals surface area contributed by atoms with Gasteiger partial charge >= 0.3 is 0 Å². The van der Waals surface area contributed by atoms with E-state index in [4.69, 9.17) is 9.47 Å². The van der Waals surface area contributed by atoms with Crippen LogP contribution in [0.25, 0.3) is 6.08 Å². The lowest BCUT2D eigenvalue weighted by molar-refractivity contribution is -0.128. The van der Waals surface area contributed by atoms with Crippen LogP contribution in [0.1, 0.15) is 16.7 Å². The van der Waals surface area contributed by atoms with E-state index in [9.17, 15) is 9.59 Å². The molecule has 2 rings (SSSR count). The van der Waals surface area contributed by atoms with Crippen molar-refractivity contribution in [3.05, 3.63) is 65.2 Å². The molecule has 0 unspecified atom stereocenters. The minimum Gasteiger partial charge on any atom is -0.496 e. The molecule has 0 radical (unpaired) electrons. The summed E-state index contributed by atoms with van der Waals surface area (Å²) < 4.78 is 10.7. The largest absolute Gasteiger partial charge is 0.496 e. The van der Waals surface area contributed by atoms with Gasteiger partial charge in [-0.3, -0.25) is 20.4 Å². The zero-order chi connectivity index (χ0) is 18.9. The van der Waals surface area contributed by atoms with E-state index in [0.717, 1.165) is 16.7 Å². The summed E-state index contributed by atoms with van der Waals surface area (Å²) in [6, 6.07) is 13.0. The van der Waals surface area contributed by atoms with Crippen LogP contribution in [-0.2, 0) is 9.59 Å². The van der Waals surface area contributed by atoms with Crippen molar-refractivity contribution in [2.75, 3.05) is 13.7 Å². The van der Waals surface area contributed by atoms with Crippen molar-refractivity contribution in [1.82, 2.24) is 10.9 Å². The zero-order valence-electron chi connectivity index (χ0n) is 15.0. The summed E-state index contributed by atoms with van der Waals surface area (Å²) >= 11 is 0. The molecular weight excluding hydrogens is 332 g/mol. The van der Waals surface area contributed by atoms with Gasteiger partial charge < -0.3 is 9.47 Å². The minimum absolute atomic E-state index is 0.194. The molecule has 136 valence electrons. The first-order chi connectivity index (χ1) is 12.5. The maximum Gasteiger partial charge on any atom is 0.276 e. The molecule has 0 bridgehead atoms. The summed E-state index contributed by atoms with van der Waals surface area (Å²) in [7, 11) is 1.56. The third-order valence-corrected chi connectivity index (χ3v) is 3.58. The van der Waals surface area contributed by atoms with Gasteiger partial charge in [0.2, 0.25) is 0 Å². The molecule has 2 aromatic carbocycles. The minimum atomic E-state index is -0.462. The number of methoxy groups -OCH3 is 1. The number of benzene rings is 2. The molecule has 0 aliphatic heterocycles. The lowest BCUT2D eigenvalue weighted by atomic mass is 10.1. The first kappa shape index (κ1) is 19.1. The number of amides is 2. The molecule has 6 heteroatoms. The molecule has 2 aromatic rings. The van der Waals surface area contributed by atoms with Gasteiger partial charge in [0, 0.05) is 11.6 Å². The molecule has 0 aromatic heterocycles. The van der Waals surface area contributed by atoms with Gasteiger partial charge in [-0.2, -0.15) is 0 Å². The monoisotopic (exact) mass is 354 g/mol. The van der Waals surface area contributed by atoms with Crippen LogP contribution >= 0.6 is 0 Å². The van der Waals surface area contributed by atoms with Crippen molar-refractivity contribution < 1.29 is 19.1 Å². The topological polar surface area (TPSA) is 76.7 Å². The van der Waals surface area contributed by atoms with Crippen LogP contribution in [0.5, 0.6) is 11.5 Å². The molecule has 0 aliphatic carbocycles. The van der Waals surface area contributed by atoms with Gasteiger partial charge in [0.25, 0.3) is 11.8 Å². The molecule has 26 heavy (non-hydrogen) atoms. The molecule has 0 spiro atoms. The first-order valence-electron chi connectivity index (χ1n) is 8.09. The van der Waals surface area contributed by atoms with Crippen LogP contribution in [0, 0.1) is 13.8 Å². The summed E-state index contributed by atoms with van der Waals surface area (Å²) in [5.41, 5.74) is 7.35. The van der Waals surface area contributed by atoms with Crippen molar-refractivity contribution >= 4 is 17.9 Å². The standard InChI is InChI=1S/C20H22N2O4/c1-14-8-9-15(2)18(12-14)26-13-20(24)22-21-19(23)11-10-16-6-4-5-7-17(16)25-3/h4-12H,13H2,1-3H3,(H,21,23)(H,22,24)/b11-10+. The lowest BCUT2D eigenvalue weighted by Gasteiger charge is -2.10. The summed E-state index contributed by atoms with van der Waals surface area (Å²) in [6.45, 7) is 3.65. The van der Waals surface area contributed by atoms with Gasteiger partial charge in [-0.05, 0) is 43.2 Å². The molecule has 0 aliphatic rings. The number of nitrogens with one attached hydrogen (secondary N) is 2. The highest BCUT2D eigenvalue weighted by molar-refractivity contribution is 5.93. The quantitative estimate of drug-likeness (QED) is 0.617. The Balaban J connectivity index is 1.80. The predicted octanol–water partition coefficient (Wildman–Crippen LogP) is 2.55. The normalized spacial score (nSPS) is 10.4. The van der Waals surface area contributed by atoms with Crippen molar-refractivity contribution in [2.45, 2.75) is 13.8 Å². The molecule has 6 nitrogen and oxygen atoms in total. The third kappa shape index (κ3) is 5.66. The zero-order valence-corrected chi connectivity index (χ0v) is 15.0. The number of carbonyl (C=O) groups excluding carboxylic acids is 2. The fourth-order valence-corrected chi connectivity index (χ4v) is 2.18. The van der Waals surface area contributed by atoms with E-state index in [0.29, 0.717) is 11.5 Å². The number of hydrogen-bond acceptors (Lipinski definition) is 4. The molecule has 0 atom stereocenters. The van der Waals surface area contributed by atoms with Crippen LogP contribution in [-0.4, -0.2) is 25.5 Å². The fourth-order valence-electron chi connectivity index (χ4n) is 2.18. The number of aryl methyl sites for hydroxylation is 2. The summed E-state index contributed by atoms with van der Waals surface area (Å²) in [4.78, 5) is 23.6. The van der Waals surface area contributed by atoms with E-state index in [1.165, 1.54) is 6.08 Å². The number of ether oxygens (including phenoxy) is 2. The third-order valence-electron chi connectivity index (χ3n) is 3.58. The van der Waals surface area contributed by atoms with Gasteiger partial charge in [-0.15, -0.1) is 0 Å². The number of para-hydroxylation sites is 1. The smallest absolute Gasteiger partial charge is 0.276 e. The van der Waals surface area contributed by atoms with Gasteiger partial charge in [-0.1, -0.05) is 30.3 Å². The SMILES string of the molecule is COc1ccccc1/C=C/C(=O)NNC(=O)COc1cc(C)ccc1C. The van der Waals surface area contributed by atoms with Crippen LogP contribution in [0.3, 0.4) is 0 Å². The second kappa shape index (κ2) is 9.27. The molecule has 2 amide bonds. The highest BCUT2D eigenvalue weighted by atomic mass is 16.5. The number of hydrogen-bond donors (Lipinski definition) is 2. The maximum atomic E-state index is 11.8. The Kier molecular flexibility index (Phi) is 6.79. The van der Waals surface area contributed by atoms with Crippen LogP contribution < -0.4 is 20.3 Å². The number of rotatable bonds is 6. The van der Waals surface area contributed by atoms with Gasteiger partial charge in [-0.25, -0.2) is 0 Å². The number of carbonyl (C=O) groups is 2. The first-order valence-corrected chi connectivity index (χ1v) is 8.09. The molecule has 2 N–H and O–H groups in total. The van der Waals surface area contributed by atoms with Crippen molar-refractivity contribution in [2.24, 2.45) is 0 Å². The highest BCUT2D eigenvalue weighted by Gasteiger charge is 2.06. The van der Waals surface area contributed by atoms with Gasteiger partial charge in [0.1, 0.15) is 11.5 Å². The summed E-state index contributed by atoms with van der Waals surface area (Å²) in [6.07, 6.45) is 2.91. The van der Waals surface area contributed by atoms with Crippen LogP contribution in [0.4, 0.5) is 0 Å². The van der Waals surface area contributed by atoms with Gasteiger partial charge in [0.05, 0.1) is 7.11 Å². The van der Waals surface area contributed by atoms with E-state index < -0.39 is 11.8 Å². The Morgan fingerprint density at radius 3 is 2.58 bits per heavy atom. The van der Waals surface area contributed by atoms with Crippen LogP contribution in [0.15, 0.2) is 48.5 Å². The summed E-state index contributed by atoms with van der Waals surface area (Å²) in [5.74, 6) is 0.381. The predicted molar refractivity (Wildman–Crippen MR) is 99.7 cm³/mol. The van der Waals surface area contributed by atoms with E-state index in [2.05, 4.69) is 10.9 Å². The van der Waals surface area contributed by atoms with Crippen molar-refractivity contribution in [3.8, 4) is 11.5 Å². The van der Waals surface area contributed by atoms with Gasteiger partial charge in [0.15, 0.2) is 6.61 Å². The Hall–Kier alpha value is -3.28. The second-order valence-corrected chi connectivity index (χ2v) is 5.67. The Morgan fingerprint density at radius 1 is 1.04 bits per heavy atom. The fraction of sp³-hybridized carbons (Fsp3) is 0.200. The summed E-state index contributed by atoms with van der Waals surface area (Å²) in [5, 5.41) is 0. The second-order valence-electron chi connectivity index (χ2n) is 5.67. The maximum absolute atomic E-state index is 11.8. The molecular formula is C20H22N2O4. The van der Waals surface area contributed by atoms with E-state index in [-0.39, 0.29) is 6.61 Å². The average molecular weight is 354 g/mol. The average Bonchev–Trinajstić information content (AvgIpc) is 2.65. The number of hydrazine groups is 1.